The summed E-state index contributed by atoms with van der Waals surface area (Å²) in [6.45, 7) is 0.974. The normalized spacial score (nSPS) is 13.8. The number of esters is 1. The number of nitrogens with zero attached hydrogens (tertiary/aromatic N) is 1. The van der Waals surface area contributed by atoms with Gasteiger partial charge in [-0.05, 0) is 19.1 Å². The van der Waals surface area contributed by atoms with Crippen molar-refractivity contribution in [2.45, 2.75) is 18.8 Å². The third kappa shape index (κ3) is 4.23. The Morgan fingerprint density at radius 3 is 2.52 bits per heavy atom. The van der Waals surface area contributed by atoms with Gasteiger partial charge in [-0.25, -0.2) is 14.6 Å². The van der Waals surface area contributed by atoms with E-state index in [9.17, 15) is 22.8 Å². The molecule has 0 aliphatic carbocycles. The van der Waals surface area contributed by atoms with Gasteiger partial charge in [-0.15, -0.1) is 0 Å². The Hall–Kier alpha value is -2.07. The van der Waals surface area contributed by atoms with Crippen molar-refractivity contribution in [3.8, 4) is 0 Å². The number of anilines is 1. The lowest BCUT2D eigenvalue weighted by Crippen LogP contribution is -2.66. The van der Waals surface area contributed by atoms with Crippen molar-refractivity contribution in [3.63, 3.8) is 0 Å². The summed E-state index contributed by atoms with van der Waals surface area (Å²) < 4.78 is 48.2. The van der Waals surface area contributed by atoms with Crippen LogP contribution < -0.4 is 10.6 Å². The fourth-order valence-corrected chi connectivity index (χ4v) is 1.68. The van der Waals surface area contributed by atoms with Gasteiger partial charge in [0, 0.05) is 13.3 Å². The van der Waals surface area contributed by atoms with Crippen LogP contribution in [0.4, 0.5) is 23.7 Å². The number of methoxy groups -OCH3 is 1. The van der Waals surface area contributed by atoms with Crippen LogP contribution >= 0.6 is 11.6 Å². The zero-order chi connectivity index (χ0) is 17.7. The first-order valence-electron chi connectivity index (χ1n) is 6.16. The third-order valence-electron chi connectivity index (χ3n) is 2.57. The van der Waals surface area contributed by atoms with Gasteiger partial charge in [0.2, 0.25) is 0 Å². The molecule has 0 aliphatic rings. The minimum Gasteiger partial charge on any atom is -0.462 e. The summed E-state index contributed by atoms with van der Waals surface area (Å²) in [5.41, 5.74) is -3.70. The van der Waals surface area contributed by atoms with E-state index in [0.29, 0.717) is 7.11 Å². The van der Waals surface area contributed by atoms with Gasteiger partial charge in [-0.2, -0.15) is 13.2 Å². The molecule has 0 unspecified atom stereocenters. The molecule has 2 amide bonds. The molecule has 23 heavy (non-hydrogen) atoms. The Bertz CT molecular complexity index is 585. The SMILES string of the molecule is CCOC(=O)[C@@](NC(=O)Nc1cccnc1Cl)(OC)C(F)(F)F. The van der Waals surface area contributed by atoms with E-state index < -0.39 is 23.9 Å². The molecule has 0 bridgehead atoms. The number of ether oxygens (including phenoxy) is 2. The van der Waals surface area contributed by atoms with Gasteiger partial charge >= 0.3 is 23.9 Å². The lowest BCUT2D eigenvalue weighted by Gasteiger charge is -2.32. The molecule has 0 fully saturated rings. The zero-order valence-corrected chi connectivity index (χ0v) is 12.8. The number of pyridine rings is 1. The summed E-state index contributed by atoms with van der Waals surface area (Å²) in [4.78, 5) is 27.1. The number of hydrogen-bond acceptors (Lipinski definition) is 5. The van der Waals surface area contributed by atoms with Gasteiger partial charge in [0.05, 0.1) is 12.3 Å². The largest absolute Gasteiger partial charge is 0.462 e. The predicted molar refractivity (Wildman–Crippen MR) is 73.8 cm³/mol. The number of rotatable bonds is 5. The molecule has 1 aromatic rings. The lowest BCUT2D eigenvalue weighted by atomic mass is 10.2. The van der Waals surface area contributed by atoms with Crippen LogP contribution in [0.1, 0.15) is 6.92 Å². The molecule has 0 aliphatic heterocycles. The Kier molecular flexibility index (Phi) is 6.16. The number of urea groups is 1. The Labute approximate surface area is 134 Å². The maximum Gasteiger partial charge on any atom is 0.448 e. The summed E-state index contributed by atoms with van der Waals surface area (Å²) in [5, 5.41) is 3.31. The Balaban J connectivity index is 3.03. The summed E-state index contributed by atoms with van der Waals surface area (Å²) in [7, 11) is 0.613. The number of aromatic nitrogens is 1. The van der Waals surface area contributed by atoms with E-state index in [1.54, 1.807) is 0 Å². The fourth-order valence-electron chi connectivity index (χ4n) is 1.51. The highest BCUT2D eigenvalue weighted by molar-refractivity contribution is 6.32. The topological polar surface area (TPSA) is 89.5 Å². The van der Waals surface area contributed by atoms with Gasteiger partial charge < -0.3 is 14.8 Å². The van der Waals surface area contributed by atoms with Crippen LogP contribution in [-0.2, 0) is 14.3 Å². The smallest absolute Gasteiger partial charge is 0.448 e. The van der Waals surface area contributed by atoms with E-state index >= 15 is 0 Å². The molecule has 2 N–H and O–H groups in total. The van der Waals surface area contributed by atoms with E-state index in [1.807, 2.05) is 5.32 Å². The maximum atomic E-state index is 13.2. The first kappa shape index (κ1) is 19.0. The molecule has 0 saturated carbocycles. The molecule has 11 heteroatoms. The second-order valence-electron chi connectivity index (χ2n) is 4.02. The summed E-state index contributed by atoms with van der Waals surface area (Å²) >= 11 is 5.68. The van der Waals surface area contributed by atoms with E-state index in [4.69, 9.17) is 11.6 Å². The van der Waals surface area contributed by atoms with Crippen LogP contribution in [0.25, 0.3) is 0 Å². The van der Waals surface area contributed by atoms with Crippen molar-refractivity contribution in [3.05, 3.63) is 23.5 Å². The van der Waals surface area contributed by atoms with Crippen molar-refractivity contribution in [1.29, 1.82) is 0 Å². The minimum atomic E-state index is -5.26. The molecule has 128 valence electrons. The van der Waals surface area contributed by atoms with Crippen LogP contribution in [0.15, 0.2) is 18.3 Å². The Morgan fingerprint density at radius 2 is 2.04 bits per heavy atom. The number of amides is 2. The maximum absolute atomic E-state index is 13.2. The van der Waals surface area contributed by atoms with Gasteiger partial charge in [0.25, 0.3) is 0 Å². The molecule has 0 spiro atoms. The van der Waals surface area contributed by atoms with E-state index in [-0.39, 0.29) is 17.4 Å². The van der Waals surface area contributed by atoms with Crippen molar-refractivity contribution in [1.82, 2.24) is 10.3 Å². The fraction of sp³-hybridized carbons (Fsp3) is 0.417. The first-order valence-corrected chi connectivity index (χ1v) is 6.54. The molecule has 1 heterocycles. The van der Waals surface area contributed by atoms with E-state index in [1.165, 1.54) is 30.6 Å². The van der Waals surface area contributed by atoms with Gasteiger partial charge in [-0.1, -0.05) is 11.6 Å². The molecular formula is C12H13ClF3N3O4. The average molecular weight is 356 g/mol. The Morgan fingerprint density at radius 1 is 1.39 bits per heavy atom. The lowest BCUT2D eigenvalue weighted by molar-refractivity contribution is -0.276. The van der Waals surface area contributed by atoms with Crippen molar-refractivity contribution in [2.24, 2.45) is 0 Å². The molecule has 1 aromatic heterocycles. The number of hydrogen-bond donors (Lipinski definition) is 2. The summed E-state index contributed by atoms with van der Waals surface area (Å²) in [5.74, 6) is -1.80. The number of carbonyl (C=O) groups excluding carboxylic acids is 2. The third-order valence-corrected chi connectivity index (χ3v) is 2.87. The molecule has 7 nitrogen and oxygen atoms in total. The van der Waals surface area contributed by atoms with Crippen LogP contribution in [0.3, 0.4) is 0 Å². The van der Waals surface area contributed by atoms with Crippen LogP contribution in [0, 0.1) is 0 Å². The van der Waals surface area contributed by atoms with E-state index in [0.717, 1.165) is 0 Å². The predicted octanol–water partition coefficient (Wildman–Crippen LogP) is 2.32. The van der Waals surface area contributed by atoms with Crippen molar-refractivity contribution < 1.29 is 32.2 Å². The van der Waals surface area contributed by atoms with Gasteiger partial charge in [-0.3, -0.25) is 5.32 Å². The number of carbonyl (C=O) groups is 2. The second-order valence-corrected chi connectivity index (χ2v) is 4.38. The molecule has 0 radical (unpaired) electrons. The quantitative estimate of drug-likeness (QED) is 0.480. The minimum absolute atomic E-state index is 0.0531. The zero-order valence-electron chi connectivity index (χ0n) is 12.0. The monoisotopic (exact) mass is 355 g/mol. The molecule has 0 aromatic carbocycles. The van der Waals surface area contributed by atoms with Crippen LogP contribution in [0.5, 0.6) is 0 Å². The van der Waals surface area contributed by atoms with Crippen LogP contribution in [0.2, 0.25) is 5.15 Å². The van der Waals surface area contributed by atoms with Crippen LogP contribution in [-0.4, -0.2) is 42.6 Å². The first-order chi connectivity index (χ1) is 10.7. The standard InChI is InChI=1S/C12H13ClF3N3O4/c1-3-23-9(20)11(22-2,12(14,15)16)19-10(21)18-7-5-4-6-17-8(7)13/h4-6H,3H2,1-2H3,(H2,18,19,21)/t11-/m1/s1. The van der Waals surface area contributed by atoms with Crippen molar-refractivity contribution in [2.75, 3.05) is 19.0 Å². The number of nitrogens with one attached hydrogen (secondary N) is 2. The molecular weight excluding hydrogens is 343 g/mol. The number of halogens is 4. The molecule has 1 atom stereocenters. The highest BCUT2D eigenvalue weighted by Crippen LogP contribution is 2.32. The summed E-state index contributed by atoms with van der Waals surface area (Å²) in [6.07, 6.45) is -3.94. The average Bonchev–Trinajstić information content (AvgIpc) is 2.46. The van der Waals surface area contributed by atoms with Crippen molar-refractivity contribution >= 4 is 29.3 Å². The van der Waals surface area contributed by atoms with Gasteiger partial charge in [0.15, 0.2) is 5.15 Å². The highest BCUT2D eigenvalue weighted by atomic mass is 35.5. The molecule has 1 rings (SSSR count). The van der Waals surface area contributed by atoms with E-state index in [2.05, 4.69) is 14.5 Å². The highest BCUT2D eigenvalue weighted by Gasteiger charge is 2.64. The van der Waals surface area contributed by atoms with Gasteiger partial charge in [0.1, 0.15) is 0 Å². The molecule has 0 saturated heterocycles. The number of alkyl halides is 3. The second kappa shape index (κ2) is 7.47. The summed E-state index contributed by atoms with van der Waals surface area (Å²) in [6, 6.07) is 1.33.